The highest BCUT2D eigenvalue weighted by Crippen LogP contribution is 2.17. The van der Waals surface area contributed by atoms with E-state index in [-0.39, 0.29) is 0 Å². The van der Waals surface area contributed by atoms with Crippen molar-refractivity contribution in [3.8, 4) is 5.75 Å². The van der Waals surface area contributed by atoms with E-state index in [2.05, 4.69) is 32.2 Å². The summed E-state index contributed by atoms with van der Waals surface area (Å²) in [5.74, 6) is 1.92. The van der Waals surface area contributed by atoms with Gasteiger partial charge in [-0.1, -0.05) is 12.1 Å². The smallest absolute Gasteiger partial charge is 0.193 e. The molecule has 1 atom stereocenters. The molecule has 25 heavy (non-hydrogen) atoms. The van der Waals surface area contributed by atoms with Gasteiger partial charge in [0.1, 0.15) is 5.75 Å². The third-order valence-electron chi connectivity index (χ3n) is 5.07. The van der Waals surface area contributed by atoms with Gasteiger partial charge in [-0.15, -0.1) is 0 Å². The van der Waals surface area contributed by atoms with E-state index in [0.717, 1.165) is 64.1 Å². The molecule has 2 saturated heterocycles. The normalized spacial score (nSPS) is 22.2. The predicted octanol–water partition coefficient (Wildman–Crippen LogP) is 1.22. The highest BCUT2D eigenvalue weighted by molar-refractivity contribution is 5.80. The van der Waals surface area contributed by atoms with Crippen LogP contribution in [0.3, 0.4) is 0 Å². The highest BCUT2D eigenvalue weighted by Gasteiger charge is 2.30. The van der Waals surface area contributed by atoms with Gasteiger partial charge in [-0.2, -0.15) is 0 Å². The van der Waals surface area contributed by atoms with Gasteiger partial charge in [-0.05, 0) is 30.5 Å². The van der Waals surface area contributed by atoms with Crippen molar-refractivity contribution >= 4 is 5.96 Å². The van der Waals surface area contributed by atoms with E-state index in [1.807, 2.05) is 19.2 Å². The van der Waals surface area contributed by atoms with Crippen LogP contribution in [0.1, 0.15) is 12.0 Å². The molecule has 0 aromatic heterocycles. The molecule has 6 nitrogen and oxygen atoms in total. The lowest BCUT2D eigenvalue weighted by Gasteiger charge is -2.32. The Morgan fingerprint density at radius 2 is 2.16 bits per heavy atom. The Balaban J connectivity index is 1.46. The van der Waals surface area contributed by atoms with Crippen LogP contribution in [-0.4, -0.2) is 81.9 Å². The van der Waals surface area contributed by atoms with Crippen LogP contribution < -0.4 is 10.1 Å². The lowest BCUT2D eigenvalue weighted by atomic mass is 10.1. The fraction of sp³-hybridized carbons (Fsp3) is 0.632. The van der Waals surface area contributed by atoms with Gasteiger partial charge in [-0.3, -0.25) is 9.89 Å². The summed E-state index contributed by atoms with van der Waals surface area (Å²) in [4.78, 5) is 9.42. The lowest BCUT2D eigenvalue weighted by Crippen LogP contribution is -2.46. The van der Waals surface area contributed by atoms with Gasteiger partial charge in [0.2, 0.25) is 0 Å². The van der Waals surface area contributed by atoms with Crippen LogP contribution in [0.2, 0.25) is 0 Å². The summed E-state index contributed by atoms with van der Waals surface area (Å²) in [5.41, 5.74) is 1.27. The van der Waals surface area contributed by atoms with Crippen molar-refractivity contribution in [1.29, 1.82) is 0 Å². The average Bonchev–Trinajstić information content (AvgIpc) is 3.16. The number of hydrogen-bond donors (Lipinski definition) is 1. The van der Waals surface area contributed by atoms with Gasteiger partial charge in [0.25, 0.3) is 0 Å². The molecule has 0 aliphatic carbocycles. The largest absolute Gasteiger partial charge is 0.497 e. The number of methoxy groups -OCH3 is 1. The maximum Gasteiger partial charge on any atom is 0.193 e. The number of likely N-dealkylation sites (tertiary alicyclic amines) is 1. The Bertz CT molecular complexity index is 572. The number of nitrogens with zero attached hydrogens (tertiary/aromatic N) is 3. The Hall–Kier alpha value is -1.79. The van der Waals surface area contributed by atoms with Gasteiger partial charge in [0.05, 0.1) is 20.3 Å². The summed E-state index contributed by atoms with van der Waals surface area (Å²) < 4.78 is 10.8. The Morgan fingerprint density at radius 3 is 2.92 bits per heavy atom. The highest BCUT2D eigenvalue weighted by atomic mass is 16.5. The number of guanidine groups is 1. The number of hydrogen-bond acceptors (Lipinski definition) is 4. The quantitative estimate of drug-likeness (QED) is 0.642. The second kappa shape index (κ2) is 9.06. The Morgan fingerprint density at radius 1 is 1.32 bits per heavy atom. The number of rotatable bonds is 5. The van der Waals surface area contributed by atoms with E-state index >= 15 is 0 Å². The van der Waals surface area contributed by atoms with Crippen molar-refractivity contribution in [1.82, 2.24) is 15.1 Å². The molecule has 0 radical (unpaired) electrons. The standard InChI is InChI=1S/C19H30N4O2/c1-20-19(21-8-6-16-4-3-5-18(14-16)24-2)23-9-7-17(15-23)22-10-12-25-13-11-22/h3-5,14,17H,6-13,15H2,1-2H3,(H,20,21). The van der Waals surface area contributed by atoms with Crippen molar-refractivity contribution in [2.24, 2.45) is 4.99 Å². The topological polar surface area (TPSA) is 49.3 Å². The molecule has 6 heteroatoms. The summed E-state index contributed by atoms with van der Waals surface area (Å²) in [7, 11) is 3.58. The van der Waals surface area contributed by atoms with Crippen LogP contribution in [0.25, 0.3) is 0 Å². The van der Waals surface area contributed by atoms with Crippen LogP contribution in [0, 0.1) is 0 Å². The molecule has 3 rings (SSSR count). The summed E-state index contributed by atoms with van der Waals surface area (Å²) in [6.07, 6.45) is 2.16. The lowest BCUT2D eigenvalue weighted by molar-refractivity contribution is 0.0195. The van der Waals surface area contributed by atoms with Gasteiger partial charge < -0.3 is 19.7 Å². The molecule has 1 aromatic carbocycles. The van der Waals surface area contributed by atoms with Gasteiger partial charge in [0, 0.05) is 45.8 Å². The second-order valence-electron chi connectivity index (χ2n) is 6.61. The fourth-order valence-corrected chi connectivity index (χ4v) is 3.65. The van der Waals surface area contributed by atoms with Crippen molar-refractivity contribution in [2.45, 2.75) is 18.9 Å². The fourth-order valence-electron chi connectivity index (χ4n) is 3.65. The zero-order valence-corrected chi connectivity index (χ0v) is 15.4. The molecule has 1 N–H and O–H groups in total. The van der Waals surface area contributed by atoms with E-state index in [1.54, 1.807) is 7.11 Å². The van der Waals surface area contributed by atoms with Crippen LogP contribution in [0.4, 0.5) is 0 Å². The monoisotopic (exact) mass is 346 g/mol. The molecular weight excluding hydrogens is 316 g/mol. The number of nitrogens with one attached hydrogen (secondary N) is 1. The molecule has 0 bridgehead atoms. The average molecular weight is 346 g/mol. The number of morpholine rings is 1. The molecule has 0 saturated carbocycles. The summed E-state index contributed by atoms with van der Waals surface area (Å²) in [6, 6.07) is 8.87. The second-order valence-corrected chi connectivity index (χ2v) is 6.61. The number of aliphatic imine (C=N–C) groups is 1. The van der Waals surface area contributed by atoms with Gasteiger partial charge >= 0.3 is 0 Å². The van der Waals surface area contributed by atoms with Crippen molar-refractivity contribution in [2.75, 3.05) is 60.1 Å². The van der Waals surface area contributed by atoms with Crippen molar-refractivity contribution in [3.63, 3.8) is 0 Å². The minimum atomic E-state index is 0.626. The molecule has 2 aliphatic rings. The van der Waals surface area contributed by atoms with Gasteiger partial charge in [0.15, 0.2) is 5.96 Å². The first-order chi connectivity index (χ1) is 12.3. The minimum Gasteiger partial charge on any atom is -0.497 e. The zero-order valence-electron chi connectivity index (χ0n) is 15.4. The van der Waals surface area contributed by atoms with E-state index in [4.69, 9.17) is 9.47 Å². The van der Waals surface area contributed by atoms with Crippen LogP contribution in [0.15, 0.2) is 29.3 Å². The molecule has 138 valence electrons. The van der Waals surface area contributed by atoms with E-state index in [1.165, 1.54) is 12.0 Å². The summed E-state index contributed by atoms with van der Waals surface area (Å²) >= 11 is 0. The molecule has 0 amide bonds. The summed E-state index contributed by atoms with van der Waals surface area (Å²) in [5, 5.41) is 3.51. The Labute approximate surface area is 150 Å². The maximum absolute atomic E-state index is 5.47. The van der Waals surface area contributed by atoms with Crippen LogP contribution in [-0.2, 0) is 11.2 Å². The first kappa shape index (κ1) is 18.0. The van der Waals surface area contributed by atoms with E-state index < -0.39 is 0 Å². The molecule has 0 spiro atoms. The SMILES string of the molecule is CN=C(NCCc1cccc(OC)c1)N1CCC(N2CCOCC2)C1. The van der Waals surface area contributed by atoms with E-state index in [9.17, 15) is 0 Å². The molecule has 1 aromatic rings. The molecule has 1 unspecified atom stereocenters. The molecule has 2 aliphatic heterocycles. The van der Waals surface area contributed by atoms with Gasteiger partial charge in [-0.25, -0.2) is 0 Å². The molecule has 2 fully saturated rings. The maximum atomic E-state index is 5.47. The first-order valence-corrected chi connectivity index (χ1v) is 9.20. The number of ether oxygens (including phenoxy) is 2. The van der Waals surface area contributed by atoms with Crippen molar-refractivity contribution in [3.05, 3.63) is 29.8 Å². The van der Waals surface area contributed by atoms with Crippen LogP contribution >= 0.6 is 0 Å². The Kier molecular flexibility index (Phi) is 6.53. The first-order valence-electron chi connectivity index (χ1n) is 9.20. The minimum absolute atomic E-state index is 0.626. The van der Waals surface area contributed by atoms with Crippen LogP contribution in [0.5, 0.6) is 5.75 Å². The molecule has 2 heterocycles. The summed E-state index contributed by atoms with van der Waals surface area (Å²) in [6.45, 7) is 6.84. The van der Waals surface area contributed by atoms with Crippen molar-refractivity contribution < 1.29 is 9.47 Å². The predicted molar refractivity (Wildman–Crippen MR) is 100 cm³/mol. The zero-order chi connectivity index (χ0) is 17.5. The third kappa shape index (κ3) is 4.86. The third-order valence-corrected chi connectivity index (χ3v) is 5.07. The molecular formula is C19H30N4O2. The van der Waals surface area contributed by atoms with E-state index in [0.29, 0.717) is 6.04 Å². The number of benzene rings is 1.